The van der Waals surface area contributed by atoms with Crippen LogP contribution in [0.2, 0.25) is 5.02 Å². The van der Waals surface area contributed by atoms with Crippen molar-refractivity contribution in [2.45, 2.75) is 84.5 Å². The number of carbonyl (C=O) groups excluding carboxylic acids is 1. The molecule has 172 valence electrons. The number of rotatable bonds is 15. The minimum absolute atomic E-state index is 0.143. The average Bonchev–Trinajstić information content (AvgIpc) is 2.71. The Morgan fingerprint density at radius 2 is 1.61 bits per heavy atom. The van der Waals surface area contributed by atoms with Crippen LogP contribution in [0, 0.1) is 6.92 Å². The molecule has 2 aromatic rings. The van der Waals surface area contributed by atoms with Crippen molar-refractivity contribution < 1.29 is 9.21 Å². The molecule has 5 heteroatoms. The Bertz CT molecular complexity index is 890. The number of fused-ring (bicyclic) bond motifs is 1. The van der Waals surface area contributed by atoms with Crippen molar-refractivity contribution in [3.05, 3.63) is 44.8 Å². The number of benzene rings is 1. The van der Waals surface area contributed by atoms with Crippen molar-refractivity contribution in [1.29, 1.82) is 0 Å². The summed E-state index contributed by atoms with van der Waals surface area (Å²) in [4.78, 5) is 26.7. The smallest absolute Gasteiger partial charge is 0.336 e. The fourth-order valence-electron chi connectivity index (χ4n) is 3.97. The van der Waals surface area contributed by atoms with Gasteiger partial charge in [0.05, 0.1) is 0 Å². The van der Waals surface area contributed by atoms with E-state index < -0.39 is 5.63 Å². The van der Waals surface area contributed by atoms with Crippen LogP contribution in [0.5, 0.6) is 0 Å². The van der Waals surface area contributed by atoms with Gasteiger partial charge in [-0.3, -0.25) is 4.79 Å². The first kappa shape index (κ1) is 25.6. The topological polar surface area (TPSA) is 50.5 Å². The minimum Gasteiger partial charge on any atom is -0.423 e. The summed E-state index contributed by atoms with van der Waals surface area (Å²) in [7, 11) is 2.13. The van der Waals surface area contributed by atoms with Gasteiger partial charge in [-0.1, -0.05) is 63.5 Å². The molecule has 4 nitrogen and oxygen atoms in total. The third-order valence-corrected chi connectivity index (χ3v) is 6.29. The maximum atomic E-state index is 12.5. The molecule has 0 saturated heterocycles. The van der Waals surface area contributed by atoms with Gasteiger partial charge in [0, 0.05) is 29.3 Å². The van der Waals surface area contributed by atoms with Crippen LogP contribution in [-0.2, 0) is 11.2 Å². The van der Waals surface area contributed by atoms with Crippen molar-refractivity contribution in [3.8, 4) is 0 Å². The molecule has 0 N–H and O–H groups in total. The van der Waals surface area contributed by atoms with E-state index >= 15 is 0 Å². The second kappa shape index (κ2) is 13.7. The molecule has 0 bridgehead atoms. The summed E-state index contributed by atoms with van der Waals surface area (Å²) in [6.07, 6.45) is 12.2. The molecule has 0 radical (unpaired) electrons. The molecule has 31 heavy (non-hydrogen) atoms. The van der Waals surface area contributed by atoms with Gasteiger partial charge in [-0.25, -0.2) is 4.79 Å². The number of nitrogens with zero attached hydrogens (tertiary/aromatic N) is 1. The van der Waals surface area contributed by atoms with E-state index in [0.29, 0.717) is 22.6 Å². The van der Waals surface area contributed by atoms with Gasteiger partial charge in [-0.05, 0) is 63.2 Å². The molecule has 0 aliphatic carbocycles. The lowest BCUT2D eigenvalue weighted by Gasteiger charge is -2.16. The monoisotopic (exact) mass is 447 g/mol. The van der Waals surface area contributed by atoms with Crippen LogP contribution in [0.25, 0.3) is 11.0 Å². The molecule has 0 fully saturated rings. The second-order valence-corrected chi connectivity index (χ2v) is 9.19. The van der Waals surface area contributed by atoms with Crippen LogP contribution in [0.1, 0.15) is 82.3 Å². The lowest BCUT2D eigenvalue weighted by molar-refractivity contribution is -0.118. The van der Waals surface area contributed by atoms with E-state index in [0.717, 1.165) is 30.5 Å². The number of aryl methyl sites for hydroxylation is 1. The third kappa shape index (κ3) is 9.16. The zero-order chi connectivity index (χ0) is 22.6. The highest BCUT2D eigenvalue weighted by Crippen LogP contribution is 2.25. The van der Waals surface area contributed by atoms with Crippen molar-refractivity contribution in [3.63, 3.8) is 0 Å². The number of hydrogen-bond donors (Lipinski definition) is 0. The van der Waals surface area contributed by atoms with Gasteiger partial charge in [-0.2, -0.15) is 0 Å². The first-order valence-electron chi connectivity index (χ1n) is 11.8. The molecule has 0 aliphatic rings. The molecule has 2 rings (SSSR count). The summed E-state index contributed by atoms with van der Waals surface area (Å²) in [5.41, 5.74) is 1.61. The summed E-state index contributed by atoms with van der Waals surface area (Å²) < 4.78 is 5.28. The predicted octanol–water partition coefficient (Wildman–Crippen LogP) is 6.72. The minimum atomic E-state index is -0.429. The van der Waals surface area contributed by atoms with E-state index in [4.69, 9.17) is 16.0 Å². The highest BCUT2D eigenvalue weighted by Gasteiger charge is 2.12. The summed E-state index contributed by atoms with van der Waals surface area (Å²) in [6.45, 7) is 6.13. The van der Waals surface area contributed by atoms with Crippen LogP contribution in [0.3, 0.4) is 0 Å². The molecule has 0 spiro atoms. The maximum Gasteiger partial charge on any atom is 0.336 e. The van der Waals surface area contributed by atoms with Crippen molar-refractivity contribution >= 4 is 28.4 Å². The van der Waals surface area contributed by atoms with E-state index in [9.17, 15) is 9.59 Å². The van der Waals surface area contributed by atoms with Crippen LogP contribution in [-0.4, -0.2) is 30.8 Å². The number of halogens is 1. The SMILES string of the molecule is CCCCCCCCCCN(C)CCCC(=O)Cc1cc(=O)oc2cc(C)c(Cl)cc12. The fraction of sp³-hybridized carbons (Fsp3) is 0.615. The van der Waals surface area contributed by atoms with Gasteiger partial charge < -0.3 is 9.32 Å². The Labute approximate surface area is 192 Å². The fourth-order valence-corrected chi connectivity index (χ4v) is 4.13. The standard InChI is InChI=1S/C26H38ClNO3/c1-4-5-6-7-8-9-10-11-14-28(3)15-12-13-22(29)17-21-18-26(30)31-25-16-20(2)24(27)19-23(21)25/h16,18-19H,4-15,17H2,1-3H3. The normalized spacial score (nSPS) is 11.5. The highest BCUT2D eigenvalue weighted by atomic mass is 35.5. The molecule has 0 amide bonds. The van der Waals surface area contributed by atoms with Gasteiger partial charge in [0.2, 0.25) is 0 Å². The van der Waals surface area contributed by atoms with E-state index in [-0.39, 0.29) is 12.2 Å². The van der Waals surface area contributed by atoms with Gasteiger partial charge in [-0.15, -0.1) is 0 Å². The summed E-state index contributed by atoms with van der Waals surface area (Å²) >= 11 is 6.23. The van der Waals surface area contributed by atoms with Crippen LogP contribution < -0.4 is 5.63 Å². The quantitative estimate of drug-likeness (QED) is 0.224. The number of hydrogen-bond acceptors (Lipinski definition) is 4. The first-order valence-corrected chi connectivity index (χ1v) is 12.2. The van der Waals surface area contributed by atoms with E-state index in [2.05, 4.69) is 18.9 Å². The maximum absolute atomic E-state index is 12.5. The van der Waals surface area contributed by atoms with Gasteiger partial charge in [0.1, 0.15) is 11.4 Å². The highest BCUT2D eigenvalue weighted by molar-refractivity contribution is 6.32. The molecule has 0 aliphatic heterocycles. The zero-order valence-electron chi connectivity index (χ0n) is 19.5. The Kier molecular flexibility index (Phi) is 11.3. The molecular formula is C26H38ClNO3. The van der Waals surface area contributed by atoms with Gasteiger partial charge in [0.15, 0.2) is 0 Å². The second-order valence-electron chi connectivity index (χ2n) is 8.79. The molecule has 0 unspecified atom stereocenters. The molecule has 1 aromatic heterocycles. The molecule has 0 saturated carbocycles. The van der Waals surface area contributed by atoms with E-state index in [1.54, 1.807) is 12.1 Å². The average molecular weight is 448 g/mol. The largest absolute Gasteiger partial charge is 0.423 e. The number of unbranched alkanes of at least 4 members (excludes halogenated alkanes) is 7. The summed E-state index contributed by atoms with van der Waals surface area (Å²) in [5, 5.41) is 1.35. The molecule has 1 heterocycles. The van der Waals surface area contributed by atoms with Gasteiger partial charge >= 0.3 is 5.63 Å². The predicted molar refractivity (Wildman–Crippen MR) is 130 cm³/mol. The van der Waals surface area contributed by atoms with Crippen LogP contribution >= 0.6 is 11.6 Å². The first-order chi connectivity index (χ1) is 14.9. The third-order valence-electron chi connectivity index (χ3n) is 5.89. The Hall–Kier alpha value is -1.65. The molecule has 1 aromatic carbocycles. The van der Waals surface area contributed by atoms with E-state index in [1.807, 2.05) is 6.92 Å². The van der Waals surface area contributed by atoms with Crippen molar-refractivity contribution in [2.75, 3.05) is 20.1 Å². The summed E-state index contributed by atoms with van der Waals surface area (Å²) in [5.74, 6) is 0.143. The van der Waals surface area contributed by atoms with Crippen LogP contribution in [0.4, 0.5) is 0 Å². The Morgan fingerprint density at radius 3 is 2.32 bits per heavy atom. The number of ketones is 1. The van der Waals surface area contributed by atoms with Crippen LogP contribution in [0.15, 0.2) is 27.4 Å². The van der Waals surface area contributed by atoms with Gasteiger partial charge in [0.25, 0.3) is 0 Å². The Morgan fingerprint density at radius 1 is 0.968 bits per heavy atom. The number of carbonyl (C=O) groups is 1. The lowest BCUT2D eigenvalue weighted by atomic mass is 10.0. The summed E-state index contributed by atoms with van der Waals surface area (Å²) in [6, 6.07) is 4.96. The number of Topliss-reactive ketones (excluding diaryl/α,β-unsaturated/α-hetero) is 1. The lowest BCUT2D eigenvalue weighted by Crippen LogP contribution is -2.21. The van der Waals surface area contributed by atoms with Crippen molar-refractivity contribution in [2.24, 2.45) is 0 Å². The van der Waals surface area contributed by atoms with E-state index in [1.165, 1.54) is 57.4 Å². The van der Waals surface area contributed by atoms with Crippen molar-refractivity contribution in [1.82, 2.24) is 4.90 Å². The zero-order valence-corrected chi connectivity index (χ0v) is 20.2. The molecular weight excluding hydrogens is 410 g/mol. The Balaban J connectivity index is 1.70. The molecule has 0 atom stereocenters.